The summed E-state index contributed by atoms with van der Waals surface area (Å²) in [5, 5.41) is 12.7. The van der Waals surface area contributed by atoms with Crippen molar-refractivity contribution in [3.05, 3.63) is 38.2 Å². The van der Waals surface area contributed by atoms with E-state index in [4.69, 9.17) is 10.6 Å². The second-order valence-corrected chi connectivity index (χ2v) is 5.77. The molecule has 110 valence electrons. The van der Waals surface area contributed by atoms with Crippen molar-refractivity contribution in [2.45, 2.75) is 13.3 Å². The number of carbonyl (C=O) groups is 2. The molecule has 1 atom stereocenters. The van der Waals surface area contributed by atoms with Crippen LogP contribution in [0.15, 0.2) is 21.7 Å². The van der Waals surface area contributed by atoms with Crippen LogP contribution in [-0.4, -0.2) is 30.1 Å². The largest absolute Gasteiger partial charge is 0.478 e. The number of hydrogen-bond donors (Lipinski definition) is 1. The van der Waals surface area contributed by atoms with Crippen LogP contribution in [0.25, 0.3) is 10.4 Å². The zero-order valence-corrected chi connectivity index (χ0v) is 12.9. The number of azide groups is 1. The van der Waals surface area contributed by atoms with Gasteiger partial charge in [0.05, 0.1) is 5.56 Å². The molecule has 1 aromatic carbocycles. The third-order valence-corrected chi connectivity index (χ3v) is 4.07. The molecule has 21 heavy (non-hydrogen) atoms. The van der Waals surface area contributed by atoms with Gasteiger partial charge in [-0.2, -0.15) is 0 Å². The maximum absolute atomic E-state index is 12.1. The molecule has 8 heteroatoms. The van der Waals surface area contributed by atoms with Gasteiger partial charge in [-0.05, 0) is 52.0 Å². The predicted octanol–water partition coefficient (Wildman–Crippen LogP) is 3.12. The van der Waals surface area contributed by atoms with E-state index in [0.717, 1.165) is 5.56 Å². The van der Waals surface area contributed by atoms with Crippen LogP contribution in [0.1, 0.15) is 22.3 Å². The van der Waals surface area contributed by atoms with E-state index in [9.17, 15) is 9.59 Å². The lowest BCUT2D eigenvalue weighted by atomic mass is 10.1. The van der Waals surface area contributed by atoms with Gasteiger partial charge in [0.25, 0.3) is 0 Å². The molecular formula is C13H13BrN4O3. The third kappa shape index (κ3) is 3.17. The Balaban J connectivity index is 2.33. The number of anilines is 1. The second kappa shape index (κ2) is 6.15. The van der Waals surface area contributed by atoms with E-state index in [0.29, 0.717) is 23.1 Å². The zero-order chi connectivity index (χ0) is 15.6. The molecule has 1 heterocycles. The highest BCUT2D eigenvalue weighted by atomic mass is 79.9. The van der Waals surface area contributed by atoms with Gasteiger partial charge >= 0.3 is 5.97 Å². The molecule has 1 fully saturated rings. The minimum absolute atomic E-state index is 0.0373. The maximum atomic E-state index is 12.1. The quantitative estimate of drug-likeness (QED) is 0.510. The van der Waals surface area contributed by atoms with Gasteiger partial charge in [-0.3, -0.25) is 4.79 Å². The third-order valence-electron chi connectivity index (χ3n) is 3.42. The number of benzene rings is 1. The molecule has 0 saturated carbocycles. The Hall–Kier alpha value is -2.05. The molecule has 1 unspecified atom stereocenters. The number of rotatable bonds is 4. The van der Waals surface area contributed by atoms with E-state index in [2.05, 4.69) is 26.0 Å². The van der Waals surface area contributed by atoms with E-state index in [-0.39, 0.29) is 23.9 Å². The van der Waals surface area contributed by atoms with Crippen molar-refractivity contribution in [2.24, 2.45) is 11.0 Å². The van der Waals surface area contributed by atoms with E-state index >= 15 is 0 Å². The van der Waals surface area contributed by atoms with Crippen molar-refractivity contribution in [3.8, 4) is 0 Å². The van der Waals surface area contributed by atoms with Crippen molar-refractivity contribution >= 4 is 33.5 Å². The van der Waals surface area contributed by atoms with Gasteiger partial charge in [0.2, 0.25) is 5.91 Å². The molecule has 1 aromatic rings. The average Bonchev–Trinajstić information content (AvgIpc) is 2.77. The van der Waals surface area contributed by atoms with Crippen LogP contribution in [0.3, 0.4) is 0 Å². The fourth-order valence-corrected chi connectivity index (χ4v) is 3.03. The monoisotopic (exact) mass is 352 g/mol. The molecule has 7 nitrogen and oxygen atoms in total. The van der Waals surface area contributed by atoms with Gasteiger partial charge in [-0.1, -0.05) is 5.11 Å². The number of aromatic carboxylic acids is 1. The van der Waals surface area contributed by atoms with Crippen molar-refractivity contribution in [3.63, 3.8) is 0 Å². The molecule has 1 N–H and O–H groups in total. The molecule has 0 aliphatic carbocycles. The van der Waals surface area contributed by atoms with Crippen LogP contribution in [0, 0.1) is 12.8 Å². The summed E-state index contributed by atoms with van der Waals surface area (Å²) in [6, 6.07) is 3.18. The molecule has 1 aliphatic heterocycles. The first-order chi connectivity index (χ1) is 9.93. The normalized spacial score (nSPS) is 17.7. The van der Waals surface area contributed by atoms with Gasteiger partial charge < -0.3 is 10.0 Å². The van der Waals surface area contributed by atoms with Gasteiger partial charge in [-0.25, -0.2) is 4.79 Å². The van der Waals surface area contributed by atoms with Gasteiger partial charge in [0, 0.05) is 34.6 Å². The molecule has 0 radical (unpaired) electrons. The van der Waals surface area contributed by atoms with E-state index in [1.54, 1.807) is 11.0 Å². The average molecular weight is 353 g/mol. The van der Waals surface area contributed by atoms with Gasteiger partial charge in [-0.15, -0.1) is 0 Å². The molecule has 0 bridgehead atoms. The van der Waals surface area contributed by atoms with Crippen LogP contribution < -0.4 is 4.90 Å². The summed E-state index contributed by atoms with van der Waals surface area (Å²) in [6.07, 6.45) is 0.303. The van der Waals surface area contributed by atoms with E-state index in [1.165, 1.54) is 6.07 Å². The van der Waals surface area contributed by atoms with Crippen molar-refractivity contribution < 1.29 is 14.7 Å². The molecule has 0 aromatic heterocycles. The van der Waals surface area contributed by atoms with Crippen LogP contribution in [-0.2, 0) is 4.79 Å². The highest BCUT2D eigenvalue weighted by Gasteiger charge is 2.31. The van der Waals surface area contributed by atoms with Crippen molar-refractivity contribution in [2.75, 3.05) is 18.0 Å². The summed E-state index contributed by atoms with van der Waals surface area (Å²) in [5.74, 6) is -1.18. The van der Waals surface area contributed by atoms with Crippen molar-refractivity contribution in [1.29, 1.82) is 0 Å². The first-order valence-corrected chi connectivity index (χ1v) is 7.08. The van der Waals surface area contributed by atoms with Crippen LogP contribution in [0.4, 0.5) is 5.69 Å². The predicted molar refractivity (Wildman–Crippen MR) is 80.3 cm³/mol. The fraction of sp³-hybridized carbons (Fsp3) is 0.385. The topological polar surface area (TPSA) is 106 Å². The highest BCUT2D eigenvalue weighted by Crippen LogP contribution is 2.32. The lowest BCUT2D eigenvalue weighted by Crippen LogP contribution is -2.26. The Morgan fingerprint density at radius 1 is 1.62 bits per heavy atom. The second-order valence-electron chi connectivity index (χ2n) is 4.91. The molecule has 1 saturated heterocycles. The van der Waals surface area contributed by atoms with Crippen LogP contribution in [0.2, 0.25) is 0 Å². The number of hydrogen-bond acceptors (Lipinski definition) is 3. The summed E-state index contributed by atoms with van der Waals surface area (Å²) >= 11 is 3.21. The Labute approximate surface area is 129 Å². The number of carboxylic acids is 1. The van der Waals surface area contributed by atoms with Crippen LogP contribution in [0.5, 0.6) is 0 Å². The number of carbonyl (C=O) groups excluding carboxylic acids is 1. The number of aryl methyl sites for hydroxylation is 1. The Morgan fingerprint density at radius 2 is 2.33 bits per heavy atom. The molecule has 1 amide bonds. The molecule has 2 rings (SSSR count). The first kappa shape index (κ1) is 15.3. The Kier molecular flexibility index (Phi) is 4.50. The standard InChI is InChI=1S/C13H13BrN4O3/c1-7-2-10(14)9(13(20)21)4-11(7)18-6-8(3-12(18)19)5-16-17-15/h2,4,8H,3,5-6H2,1H3,(H,20,21). The summed E-state index contributed by atoms with van der Waals surface area (Å²) < 4.78 is 0.480. The SMILES string of the molecule is Cc1cc(Br)c(C(=O)O)cc1N1CC(CN=[N+]=[N-])CC1=O. The van der Waals surface area contributed by atoms with E-state index < -0.39 is 5.97 Å². The van der Waals surface area contributed by atoms with Crippen LogP contribution >= 0.6 is 15.9 Å². The van der Waals surface area contributed by atoms with Gasteiger partial charge in [0.15, 0.2) is 0 Å². The van der Waals surface area contributed by atoms with Gasteiger partial charge in [0.1, 0.15) is 0 Å². The summed E-state index contributed by atoms with van der Waals surface area (Å²) in [7, 11) is 0. The highest BCUT2D eigenvalue weighted by molar-refractivity contribution is 9.10. The molecule has 0 spiro atoms. The lowest BCUT2D eigenvalue weighted by Gasteiger charge is -2.20. The molecular weight excluding hydrogens is 340 g/mol. The maximum Gasteiger partial charge on any atom is 0.336 e. The first-order valence-electron chi connectivity index (χ1n) is 6.28. The van der Waals surface area contributed by atoms with E-state index in [1.807, 2.05) is 6.92 Å². The summed E-state index contributed by atoms with van der Waals surface area (Å²) in [4.78, 5) is 27.6. The zero-order valence-electron chi connectivity index (χ0n) is 11.3. The fourth-order valence-electron chi connectivity index (χ4n) is 2.40. The Morgan fingerprint density at radius 3 is 2.95 bits per heavy atom. The number of halogens is 1. The van der Waals surface area contributed by atoms with Crippen molar-refractivity contribution in [1.82, 2.24) is 0 Å². The summed E-state index contributed by atoms with van der Waals surface area (Å²) in [5.41, 5.74) is 9.85. The number of carboxylic acid groups (broad SMARTS) is 1. The number of nitrogens with zero attached hydrogens (tertiary/aromatic N) is 4. The molecule has 1 aliphatic rings. The minimum atomic E-state index is -1.06. The lowest BCUT2D eigenvalue weighted by molar-refractivity contribution is -0.117. The Bertz CT molecular complexity index is 655. The minimum Gasteiger partial charge on any atom is -0.478 e. The summed E-state index contributed by atoms with van der Waals surface area (Å²) in [6.45, 7) is 2.51. The number of amides is 1. The smallest absolute Gasteiger partial charge is 0.336 e.